The van der Waals surface area contributed by atoms with Crippen LogP contribution in [-0.2, 0) is 19.9 Å². The van der Waals surface area contributed by atoms with Gasteiger partial charge in [-0.15, -0.1) is 0 Å². The van der Waals surface area contributed by atoms with Crippen LogP contribution in [0.2, 0.25) is 0 Å². The van der Waals surface area contributed by atoms with Crippen LogP contribution in [0.25, 0.3) is 0 Å². The van der Waals surface area contributed by atoms with Gasteiger partial charge in [-0.25, -0.2) is 4.79 Å². The lowest BCUT2D eigenvalue weighted by atomic mass is 9.49. The average Bonchev–Trinajstić information content (AvgIpc) is 3.35. The molecule has 0 aromatic heterocycles. The van der Waals surface area contributed by atoms with Gasteiger partial charge in [0, 0.05) is 0 Å². The van der Waals surface area contributed by atoms with Gasteiger partial charge in [0.1, 0.15) is 18.3 Å². The number of fused-ring (bicyclic) bond motifs is 1. The number of benzene rings is 3. The molecule has 224 valence electrons. The molecule has 2 aliphatic carbocycles. The van der Waals surface area contributed by atoms with Crippen LogP contribution in [0.4, 0.5) is 0 Å². The van der Waals surface area contributed by atoms with Crippen LogP contribution in [0.5, 0.6) is 0 Å². The number of cyclic esters (lactones) is 1. The van der Waals surface area contributed by atoms with Gasteiger partial charge in [0.05, 0.1) is 17.3 Å². The molecule has 3 aliphatic rings. The average molecular weight is 579 g/mol. The highest BCUT2D eigenvalue weighted by molar-refractivity contribution is 5.91. The molecule has 0 radical (unpaired) electrons. The van der Waals surface area contributed by atoms with E-state index < -0.39 is 29.4 Å². The van der Waals surface area contributed by atoms with Gasteiger partial charge in [-0.05, 0) is 73.0 Å². The summed E-state index contributed by atoms with van der Waals surface area (Å²) in [5.41, 5.74) is 2.37. The Morgan fingerprint density at radius 3 is 1.93 bits per heavy atom. The third-order valence-corrected chi connectivity index (χ3v) is 10.6. The molecule has 6 atom stereocenters. The second-order valence-electron chi connectivity index (χ2n) is 12.9. The number of rotatable bonds is 7. The van der Waals surface area contributed by atoms with Crippen LogP contribution in [0.1, 0.15) is 62.6 Å². The van der Waals surface area contributed by atoms with Crippen molar-refractivity contribution in [1.29, 1.82) is 0 Å². The molecule has 0 spiro atoms. The van der Waals surface area contributed by atoms with Crippen molar-refractivity contribution in [2.75, 3.05) is 6.61 Å². The normalized spacial score (nSPS) is 32.0. The summed E-state index contributed by atoms with van der Waals surface area (Å²) in [5, 5.41) is 22.3. The van der Waals surface area contributed by atoms with Gasteiger partial charge in [0.15, 0.2) is 0 Å². The Labute approximate surface area is 254 Å². The molecule has 5 heteroatoms. The van der Waals surface area contributed by atoms with Crippen molar-refractivity contribution in [1.82, 2.24) is 0 Å². The lowest BCUT2D eigenvalue weighted by molar-refractivity contribution is -0.246. The molecule has 43 heavy (non-hydrogen) atoms. The van der Waals surface area contributed by atoms with Gasteiger partial charge in [-0.3, -0.25) is 0 Å². The fraction of sp³-hybridized carbons (Fsp3) is 0.395. The van der Waals surface area contributed by atoms with E-state index in [1.165, 1.54) is 0 Å². The van der Waals surface area contributed by atoms with E-state index in [4.69, 9.17) is 9.47 Å². The Morgan fingerprint density at radius 2 is 1.44 bits per heavy atom. The summed E-state index contributed by atoms with van der Waals surface area (Å²) in [4.78, 5) is 12.3. The Hall–Kier alpha value is -3.51. The summed E-state index contributed by atoms with van der Waals surface area (Å²) < 4.78 is 12.7. The molecule has 3 aromatic carbocycles. The highest BCUT2D eigenvalue weighted by Gasteiger charge is 2.61. The van der Waals surface area contributed by atoms with Crippen molar-refractivity contribution in [3.8, 4) is 0 Å². The molecule has 0 bridgehead atoms. The number of allylic oxidation sites excluding steroid dienone is 2. The molecule has 1 aliphatic heterocycles. The van der Waals surface area contributed by atoms with Gasteiger partial charge >= 0.3 is 5.97 Å². The van der Waals surface area contributed by atoms with E-state index in [0.717, 1.165) is 41.5 Å². The quantitative estimate of drug-likeness (QED) is 0.141. The van der Waals surface area contributed by atoms with Crippen molar-refractivity contribution in [3.05, 3.63) is 131 Å². The first-order valence-electron chi connectivity index (χ1n) is 15.5. The second kappa shape index (κ2) is 11.5. The van der Waals surface area contributed by atoms with Crippen LogP contribution in [0.3, 0.4) is 0 Å². The zero-order valence-electron chi connectivity index (χ0n) is 25.1. The molecule has 0 unspecified atom stereocenters. The van der Waals surface area contributed by atoms with Crippen molar-refractivity contribution in [2.45, 2.75) is 69.4 Å². The molecular formula is C38H42O5. The van der Waals surface area contributed by atoms with Crippen LogP contribution in [0, 0.1) is 17.3 Å². The smallest absolute Gasteiger partial charge is 0.336 e. The minimum absolute atomic E-state index is 0.00798. The highest BCUT2D eigenvalue weighted by Crippen LogP contribution is 2.62. The zero-order chi connectivity index (χ0) is 30.2. The van der Waals surface area contributed by atoms with Crippen molar-refractivity contribution in [2.24, 2.45) is 17.3 Å². The van der Waals surface area contributed by atoms with Gasteiger partial charge < -0.3 is 19.7 Å². The minimum atomic E-state index is -0.971. The van der Waals surface area contributed by atoms with Crippen LogP contribution in [0.15, 0.2) is 115 Å². The van der Waals surface area contributed by atoms with E-state index in [-0.39, 0.29) is 23.9 Å². The molecule has 5 nitrogen and oxygen atoms in total. The van der Waals surface area contributed by atoms with Crippen molar-refractivity contribution in [3.63, 3.8) is 0 Å². The molecule has 3 aromatic rings. The van der Waals surface area contributed by atoms with E-state index in [9.17, 15) is 15.0 Å². The lowest BCUT2D eigenvalue weighted by Gasteiger charge is -2.61. The highest BCUT2D eigenvalue weighted by atomic mass is 16.6. The number of hydrogen-bond acceptors (Lipinski definition) is 5. The molecule has 1 heterocycles. The number of carbonyl (C=O) groups excluding carboxylic acids is 1. The van der Waals surface area contributed by atoms with E-state index in [0.29, 0.717) is 18.4 Å². The number of aliphatic hydroxyl groups excluding tert-OH is 2. The first kappa shape index (κ1) is 29.6. The maximum Gasteiger partial charge on any atom is 0.336 e. The molecular weight excluding hydrogens is 536 g/mol. The molecule has 2 saturated carbocycles. The summed E-state index contributed by atoms with van der Waals surface area (Å²) in [6, 6.07) is 31.0. The third-order valence-electron chi connectivity index (χ3n) is 10.6. The SMILES string of the molecule is C=C1CC[C@H]2[C@@](C)(CC[C@@H](O)[C@@]2(C)OC(c2ccccc2)(c2ccccc2)c2ccccc2)[C@@H]1C/C=C1/C(=O)OC[C@H]1O. The molecule has 2 N–H and O–H groups in total. The molecule has 1 saturated heterocycles. The van der Waals surface area contributed by atoms with E-state index in [1.54, 1.807) is 0 Å². The van der Waals surface area contributed by atoms with Crippen molar-refractivity contribution < 1.29 is 24.5 Å². The third kappa shape index (κ3) is 4.98. The first-order valence-corrected chi connectivity index (χ1v) is 15.5. The van der Waals surface area contributed by atoms with E-state index in [1.807, 2.05) is 60.7 Å². The Balaban J connectivity index is 1.47. The van der Waals surface area contributed by atoms with Gasteiger partial charge in [0.2, 0.25) is 0 Å². The lowest BCUT2D eigenvalue weighted by Crippen LogP contribution is -2.63. The second-order valence-corrected chi connectivity index (χ2v) is 12.9. The summed E-state index contributed by atoms with van der Waals surface area (Å²) in [6.07, 6.45) is 3.92. The van der Waals surface area contributed by atoms with Gasteiger partial charge in [-0.1, -0.05) is 116 Å². The van der Waals surface area contributed by atoms with E-state index in [2.05, 4.69) is 56.8 Å². The molecule has 6 rings (SSSR count). The predicted molar refractivity (Wildman–Crippen MR) is 167 cm³/mol. The number of ether oxygens (including phenoxy) is 2. The Bertz CT molecular complexity index is 1390. The number of aliphatic hydroxyl groups is 2. The van der Waals surface area contributed by atoms with Gasteiger partial charge in [-0.2, -0.15) is 0 Å². The fourth-order valence-electron chi connectivity index (χ4n) is 8.33. The summed E-state index contributed by atoms with van der Waals surface area (Å²) in [7, 11) is 0. The van der Waals surface area contributed by atoms with Gasteiger partial charge in [0.25, 0.3) is 0 Å². The van der Waals surface area contributed by atoms with Crippen LogP contribution in [-0.4, -0.2) is 40.6 Å². The number of carbonyl (C=O) groups is 1. The Morgan fingerprint density at radius 1 is 0.907 bits per heavy atom. The van der Waals surface area contributed by atoms with Crippen molar-refractivity contribution >= 4 is 5.97 Å². The van der Waals surface area contributed by atoms with Crippen LogP contribution < -0.4 is 0 Å². The maximum absolute atomic E-state index is 12.3. The monoisotopic (exact) mass is 578 g/mol. The largest absolute Gasteiger partial charge is 0.459 e. The molecule has 3 fully saturated rings. The minimum Gasteiger partial charge on any atom is -0.459 e. The van der Waals surface area contributed by atoms with E-state index >= 15 is 0 Å². The summed E-state index contributed by atoms with van der Waals surface area (Å²) >= 11 is 0. The van der Waals surface area contributed by atoms with Crippen LogP contribution >= 0.6 is 0 Å². The Kier molecular flexibility index (Phi) is 7.93. The number of esters is 1. The summed E-state index contributed by atoms with van der Waals surface area (Å²) in [5.74, 6) is -0.371. The zero-order valence-corrected chi connectivity index (χ0v) is 25.1. The topological polar surface area (TPSA) is 76.0 Å². The maximum atomic E-state index is 12.3. The predicted octanol–water partition coefficient (Wildman–Crippen LogP) is 6.73. The first-order chi connectivity index (χ1) is 20.7. The standard InChI is InChI=1S/C38H42O5/c1-26-19-22-33-36(2,31(26)21-20-30-32(39)25-42-35(30)41)24-23-34(40)37(33,3)43-38(27-13-7-4-8-14-27,28-15-9-5-10-16-28)29-17-11-6-12-18-29/h4-18,20,31-34,39-40H,1,19,21-25H2,2-3H3/b30-20+/t31-,32-,33+,34-,36+,37+/m1/s1. The molecule has 0 amide bonds. The summed E-state index contributed by atoms with van der Waals surface area (Å²) in [6.45, 7) is 8.90. The number of hydrogen-bond donors (Lipinski definition) is 2. The fourth-order valence-corrected chi connectivity index (χ4v) is 8.33.